The Balaban J connectivity index is 2.70. The molecule has 0 bridgehead atoms. The summed E-state index contributed by atoms with van der Waals surface area (Å²) in [4.78, 5) is 10.8. The maximum absolute atomic E-state index is 10.8. The Bertz CT molecular complexity index is 344. The Kier molecular flexibility index (Phi) is 3.89. The van der Waals surface area contributed by atoms with Crippen LogP contribution in [-0.2, 0) is 11.2 Å². The Morgan fingerprint density at radius 3 is 2.47 bits per heavy atom. The van der Waals surface area contributed by atoms with Crippen molar-refractivity contribution in [3.63, 3.8) is 0 Å². The van der Waals surface area contributed by atoms with Crippen molar-refractivity contribution in [1.29, 1.82) is 0 Å². The molecule has 82 valence electrons. The van der Waals surface area contributed by atoms with Crippen LogP contribution in [0.5, 0.6) is 0 Å². The van der Waals surface area contributed by atoms with Crippen LogP contribution >= 0.6 is 0 Å². The van der Waals surface area contributed by atoms with Crippen LogP contribution in [0.15, 0.2) is 24.3 Å². The van der Waals surface area contributed by atoms with Crippen molar-refractivity contribution in [1.82, 2.24) is 0 Å². The number of carboxylic acid groups (broad SMARTS) is 1. The Labute approximate surface area is 90.9 Å². The molecule has 0 spiro atoms. The maximum Gasteiger partial charge on any atom is 0.306 e. The van der Waals surface area contributed by atoms with Crippen molar-refractivity contribution < 1.29 is 9.90 Å². The molecule has 2 unspecified atom stereocenters. The van der Waals surface area contributed by atoms with Crippen LogP contribution in [0.4, 0.5) is 0 Å². The van der Waals surface area contributed by atoms with Gasteiger partial charge in [-0.15, -0.1) is 0 Å². The summed E-state index contributed by atoms with van der Waals surface area (Å²) >= 11 is 0. The van der Waals surface area contributed by atoms with Gasteiger partial charge in [0.25, 0.3) is 0 Å². The van der Waals surface area contributed by atoms with Gasteiger partial charge in [-0.05, 0) is 30.4 Å². The molecule has 0 aliphatic heterocycles. The van der Waals surface area contributed by atoms with Gasteiger partial charge in [0.1, 0.15) is 0 Å². The Hall–Kier alpha value is -1.31. The Morgan fingerprint density at radius 1 is 1.33 bits per heavy atom. The van der Waals surface area contributed by atoms with E-state index >= 15 is 0 Å². The number of aliphatic carboxylic acids is 1. The predicted octanol–water partition coefficient (Wildman–Crippen LogP) is 2.89. The van der Waals surface area contributed by atoms with E-state index in [9.17, 15) is 4.79 Å². The van der Waals surface area contributed by atoms with E-state index in [1.807, 2.05) is 19.1 Å². The molecule has 0 aliphatic rings. The monoisotopic (exact) mass is 206 g/mol. The summed E-state index contributed by atoms with van der Waals surface area (Å²) in [5.41, 5.74) is 2.49. The first-order valence-corrected chi connectivity index (χ1v) is 5.29. The number of carboxylic acids is 1. The molecule has 1 aromatic rings. The fourth-order valence-electron chi connectivity index (χ4n) is 1.61. The third-order valence-electron chi connectivity index (χ3n) is 3.05. The molecule has 0 aliphatic carbocycles. The zero-order chi connectivity index (χ0) is 11.4. The van der Waals surface area contributed by atoms with Gasteiger partial charge in [0.15, 0.2) is 0 Å². The molecule has 2 heteroatoms. The van der Waals surface area contributed by atoms with Gasteiger partial charge in [-0.1, -0.05) is 38.1 Å². The highest BCUT2D eigenvalue weighted by molar-refractivity contribution is 5.69. The molecule has 0 radical (unpaired) electrons. The van der Waals surface area contributed by atoms with Crippen molar-refractivity contribution >= 4 is 5.97 Å². The fourth-order valence-corrected chi connectivity index (χ4v) is 1.61. The predicted molar refractivity (Wildman–Crippen MR) is 60.8 cm³/mol. The zero-order valence-corrected chi connectivity index (χ0v) is 9.53. The van der Waals surface area contributed by atoms with E-state index in [1.54, 1.807) is 6.92 Å². The van der Waals surface area contributed by atoms with Gasteiger partial charge in [-0.25, -0.2) is 0 Å². The molecule has 0 aromatic heterocycles. The van der Waals surface area contributed by atoms with Crippen LogP contribution in [0.25, 0.3) is 0 Å². The van der Waals surface area contributed by atoms with E-state index < -0.39 is 5.97 Å². The molecular formula is C13H18O2. The average Bonchev–Trinajstić information content (AvgIpc) is 2.20. The second kappa shape index (κ2) is 4.96. The molecule has 1 aromatic carbocycles. The zero-order valence-electron chi connectivity index (χ0n) is 9.53. The van der Waals surface area contributed by atoms with Gasteiger partial charge in [0.2, 0.25) is 0 Å². The first kappa shape index (κ1) is 11.8. The van der Waals surface area contributed by atoms with Gasteiger partial charge in [-0.2, -0.15) is 0 Å². The third kappa shape index (κ3) is 3.08. The minimum atomic E-state index is -0.712. The lowest BCUT2D eigenvalue weighted by Gasteiger charge is -2.16. The molecule has 2 atom stereocenters. The second-order valence-electron chi connectivity index (χ2n) is 4.23. The minimum absolute atomic E-state index is 0.170. The molecule has 2 nitrogen and oxygen atoms in total. The number of carbonyl (C=O) groups is 1. The van der Waals surface area contributed by atoms with Gasteiger partial charge in [0.05, 0.1) is 5.92 Å². The minimum Gasteiger partial charge on any atom is -0.481 e. The Morgan fingerprint density at radius 2 is 1.93 bits per heavy atom. The number of benzene rings is 1. The van der Waals surface area contributed by atoms with E-state index in [-0.39, 0.29) is 11.8 Å². The number of aryl methyl sites for hydroxylation is 1. The van der Waals surface area contributed by atoms with Gasteiger partial charge in [-0.3, -0.25) is 4.79 Å². The van der Waals surface area contributed by atoms with E-state index in [4.69, 9.17) is 5.11 Å². The van der Waals surface area contributed by atoms with Crippen LogP contribution in [0.2, 0.25) is 0 Å². The highest BCUT2D eigenvalue weighted by Gasteiger charge is 2.19. The van der Waals surface area contributed by atoms with Crippen molar-refractivity contribution in [3.05, 3.63) is 35.4 Å². The smallest absolute Gasteiger partial charge is 0.306 e. The summed E-state index contributed by atoms with van der Waals surface area (Å²) in [7, 11) is 0. The third-order valence-corrected chi connectivity index (χ3v) is 3.05. The van der Waals surface area contributed by atoms with Gasteiger partial charge >= 0.3 is 5.97 Å². The number of rotatable bonds is 4. The molecule has 1 rings (SSSR count). The molecular weight excluding hydrogens is 188 g/mol. The van der Waals surface area contributed by atoms with Crippen LogP contribution in [-0.4, -0.2) is 11.1 Å². The molecule has 0 saturated heterocycles. The first-order chi connectivity index (χ1) is 7.02. The first-order valence-electron chi connectivity index (χ1n) is 5.29. The molecule has 15 heavy (non-hydrogen) atoms. The lowest BCUT2D eigenvalue weighted by molar-refractivity contribution is -0.142. The molecule has 0 amide bonds. The van der Waals surface area contributed by atoms with E-state index in [0.29, 0.717) is 0 Å². The largest absolute Gasteiger partial charge is 0.481 e. The SMILES string of the molecule is Cc1ccccc1CC(C)C(C)C(=O)O. The highest BCUT2D eigenvalue weighted by Crippen LogP contribution is 2.19. The standard InChI is InChI=1S/C13H18O2/c1-9-6-4-5-7-12(9)8-10(2)11(3)13(14)15/h4-7,10-11H,8H2,1-3H3,(H,14,15). The van der Waals surface area contributed by atoms with E-state index in [0.717, 1.165) is 6.42 Å². The van der Waals surface area contributed by atoms with Crippen molar-refractivity contribution in [3.8, 4) is 0 Å². The fraction of sp³-hybridized carbons (Fsp3) is 0.462. The normalized spacial score (nSPS) is 14.6. The molecule has 0 saturated carbocycles. The quantitative estimate of drug-likeness (QED) is 0.822. The second-order valence-corrected chi connectivity index (χ2v) is 4.23. The highest BCUT2D eigenvalue weighted by atomic mass is 16.4. The van der Waals surface area contributed by atoms with E-state index in [2.05, 4.69) is 19.1 Å². The maximum atomic E-state index is 10.8. The summed E-state index contributed by atoms with van der Waals surface area (Å²) in [6, 6.07) is 8.14. The topological polar surface area (TPSA) is 37.3 Å². The summed E-state index contributed by atoms with van der Waals surface area (Å²) in [5, 5.41) is 8.90. The van der Waals surface area contributed by atoms with Crippen LogP contribution in [0.1, 0.15) is 25.0 Å². The number of hydrogen-bond donors (Lipinski definition) is 1. The lowest BCUT2D eigenvalue weighted by atomic mass is 9.88. The van der Waals surface area contributed by atoms with Crippen LogP contribution in [0, 0.1) is 18.8 Å². The van der Waals surface area contributed by atoms with Crippen molar-refractivity contribution in [2.75, 3.05) is 0 Å². The van der Waals surface area contributed by atoms with Crippen LogP contribution in [0.3, 0.4) is 0 Å². The van der Waals surface area contributed by atoms with Crippen molar-refractivity contribution in [2.24, 2.45) is 11.8 Å². The summed E-state index contributed by atoms with van der Waals surface area (Å²) in [6.45, 7) is 5.82. The molecule has 1 N–H and O–H groups in total. The lowest BCUT2D eigenvalue weighted by Crippen LogP contribution is -2.20. The summed E-state index contributed by atoms with van der Waals surface area (Å²) in [5.74, 6) is -0.829. The van der Waals surface area contributed by atoms with Gasteiger partial charge in [0, 0.05) is 0 Å². The number of hydrogen-bond acceptors (Lipinski definition) is 1. The van der Waals surface area contributed by atoms with Gasteiger partial charge < -0.3 is 5.11 Å². The summed E-state index contributed by atoms with van der Waals surface area (Å²) < 4.78 is 0. The van der Waals surface area contributed by atoms with Crippen molar-refractivity contribution in [2.45, 2.75) is 27.2 Å². The van der Waals surface area contributed by atoms with Crippen LogP contribution < -0.4 is 0 Å². The average molecular weight is 206 g/mol. The molecule has 0 heterocycles. The van der Waals surface area contributed by atoms with E-state index in [1.165, 1.54) is 11.1 Å². The summed E-state index contributed by atoms with van der Waals surface area (Å²) in [6.07, 6.45) is 0.833. The molecule has 0 fully saturated rings.